The molecule has 6 nitrogen and oxygen atoms in total. The maximum Gasteiger partial charge on any atom is 0.411 e. The monoisotopic (exact) mass is 344 g/mol. The third-order valence-corrected chi connectivity index (χ3v) is 5.43. The summed E-state index contributed by atoms with van der Waals surface area (Å²) in [6.07, 6.45) is 0.471. The van der Waals surface area contributed by atoms with Crippen LogP contribution in [0.1, 0.15) is 39.2 Å². The minimum Gasteiger partial charge on any atom is -0.460 e. The average molecular weight is 344 g/mol. The number of hydrogen-bond donors (Lipinski definition) is 0. The van der Waals surface area contributed by atoms with E-state index in [1.807, 2.05) is 50.9 Å². The van der Waals surface area contributed by atoms with Gasteiger partial charge < -0.3 is 14.4 Å². The molecule has 0 aliphatic carbocycles. The molecular weight excluding hydrogens is 320 g/mol. The van der Waals surface area contributed by atoms with Gasteiger partial charge in [0.05, 0.1) is 12.5 Å². The van der Waals surface area contributed by atoms with Gasteiger partial charge in [0.15, 0.2) is 0 Å². The highest BCUT2D eigenvalue weighted by Crippen LogP contribution is 2.56. The Morgan fingerprint density at radius 1 is 1.36 bits per heavy atom. The van der Waals surface area contributed by atoms with Gasteiger partial charge in [-0.2, -0.15) is 0 Å². The second-order valence-electron chi connectivity index (χ2n) is 8.26. The van der Waals surface area contributed by atoms with Gasteiger partial charge in [-0.15, -0.1) is 0 Å². The Balaban J connectivity index is 1.76. The van der Waals surface area contributed by atoms with Gasteiger partial charge >= 0.3 is 12.1 Å². The van der Waals surface area contributed by atoms with E-state index in [0.717, 1.165) is 11.3 Å². The lowest BCUT2D eigenvalue weighted by Crippen LogP contribution is -2.51. The van der Waals surface area contributed by atoms with Crippen molar-refractivity contribution in [2.75, 3.05) is 18.6 Å². The van der Waals surface area contributed by atoms with Crippen molar-refractivity contribution in [3.63, 3.8) is 0 Å². The van der Waals surface area contributed by atoms with Crippen molar-refractivity contribution in [3.8, 4) is 0 Å². The van der Waals surface area contributed by atoms with Crippen LogP contribution in [0.3, 0.4) is 0 Å². The van der Waals surface area contributed by atoms with Crippen molar-refractivity contribution in [2.24, 2.45) is 0 Å². The highest BCUT2D eigenvalue weighted by atomic mass is 16.6. The van der Waals surface area contributed by atoms with E-state index in [1.54, 1.807) is 0 Å². The molecule has 1 aromatic rings. The van der Waals surface area contributed by atoms with Gasteiger partial charge in [0, 0.05) is 18.2 Å². The van der Waals surface area contributed by atoms with Crippen LogP contribution in [0.25, 0.3) is 0 Å². The number of carbonyl (C=O) groups excluding carboxylic acids is 2. The zero-order valence-corrected chi connectivity index (χ0v) is 15.1. The van der Waals surface area contributed by atoms with Crippen molar-refractivity contribution in [3.05, 3.63) is 29.8 Å². The zero-order valence-electron chi connectivity index (χ0n) is 15.1. The number of likely N-dealkylation sites (N-methyl/N-ethyl adjacent to an activating group) is 1. The summed E-state index contributed by atoms with van der Waals surface area (Å²) >= 11 is 0. The predicted molar refractivity (Wildman–Crippen MR) is 92.4 cm³/mol. The van der Waals surface area contributed by atoms with E-state index in [9.17, 15) is 9.59 Å². The number of fused-ring (bicyclic) bond motifs is 5. The lowest BCUT2D eigenvalue weighted by Gasteiger charge is -2.35. The lowest BCUT2D eigenvalue weighted by atomic mass is 9.75. The maximum absolute atomic E-state index is 12.7. The number of esters is 1. The number of nitrogens with zero attached hydrogens (tertiary/aromatic N) is 2. The van der Waals surface area contributed by atoms with Gasteiger partial charge in [-0.25, -0.2) is 4.79 Å². The number of amides is 1. The summed E-state index contributed by atoms with van der Waals surface area (Å²) < 4.78 is 10.9. The maximum atomic E-state index is 12.7. The molecule has 0 bridgehead atoms. The molecule has 3 heterocycles. The standard InChI is InChI=1S/C19H24N2O4/c1-18(2,3)25-15(22)10-19-9-12-11-24-17(23)21(12)16(19)20(4)14-8-6-5-7-13(14)19/h5-8,12,16H,9-11H2,1-4H3/t12-,16-,19+/m0/s1. The Kier molecular flexibility index (Phi) is 3.33. The van der Waals surface area contributed by atoms with Gasteiger partial charge in [-0.1, -0.05) is 18.2 Å². The molecule has 1 amide bonds. The molecule has 2 fully saturated rings. The summed E-state index contributed by atoms with van der Waals surface area (Å²) in [6.45, 7) is 6.01. The topological polar surface area (TPSA) is 59.1 Å². The number of rotatable bonds is 2. The zero-order chi connectivity index (χ0) is 18.0. The molecule has 134 valence electrons. The Morgan fingerprint density at radius 2 is 2.08 bits per heavy atom. The Hall–Kier alpha value is -2.24. The minimum atomic E-state index is -0.527. The first-order valence-electron chi connectivity index (χ1n) is 8.72. The summed E-state index contributed by atoms with van der Waals surface area (Å²) in [6, 6.07) is 8.10. The van der Waals surface area contributed by atoms with Gasteiger partial charge in [-0.3, -0.25) is 9.69 Å². The molecule has 3 aliphatic heterocycles. The molecule has 0 aromatic heterocycles. The number of hydrogen-bond acceptors (Lipinski definition) is 5. The van der Waals surface area contributed by atoms with E-state index in [-0.39, 0.29) is 30.7 Å². The van der Waals surface area contributed by atoms with Crippen molar-refractivity contribution in [2.45, 2.75) is 56.8 Å². The van der Waals surface area contributed by atoms with Crippen LogP contribution in [0.2, 0.25) is 0 Å². The first-order chi connectivity index (χ1) is 11.7. The highest BCUT2D eigenvalue weighted by molar-refractivity contribution is 5.80. The molecule has 25 heavy (non-hydrogen) atoms. The van der Waals surface area contributed by atoms with E-state index in [4.69, 9.17) is 9.47 Å². The highest BCUT2D eigenvalue weighted by Gasteiger charge is 2.64. The summed E-state index contributed by atoms with van der Waals surface area (Å²) in [5, 5.41) is 0. The van der Waals surface area contributed by atoms with E-state index in [0.29, 0.717) is 13.0 Å². The van der Waals surface area contributed by atoms with E-state index in [1.165, 1.54) is 0 Å². The molecule has 2 saturated heterocycles. The number of cyclic esters (lactones) is 1. The molecule has 0 saturated carbocycles. The summed E-state index contributed by atoms with van der Waals surface area (Å²) in [4.78, 5) is 28.9. The van der Waals surface area contributed by atoms with Gasteiger partial charge in [0.25, 0.3) is 0 Å². The van der Waals surface area contributed by atoms with Crippen LogP contribution in [0.4, 0.5) is 10.5 Å². The lowest BCUT2D eigenvalue weighted by molar-refractivity contribution is -0.156. The molecule has 3 atom stereocenters. The number of carbonyl (C=O) groups is 2. The van der Waals surface area contributed by atoms with Crippen LogP contribution >= 0.6 is 0 Å². The largest absolute Gasteiger partial charge is 0.460 e. The first kappa shape index (κ1) is 16.2. The fourth-order valence-electron chi connectivity index (χ4n) is 4.75. The molecule has 3 aliphatic rings. The number of ether oxygens (including phenoxy) is 2. The molecule has 4 rings (SSSR count). The Morgan fingerprint density at radius 3 is 2.80 bits per heavy atom. The molecule has 0 unspecified atom stereocenters. The normalized spacial score (nSPS) is 30.0. The fourth-order valence-corrected chi connectivity index (χ4v) is 4.75. The van der Waals surface area contributed by atoms with Crippen LogP contribution in [-0.4, -0.2) is 48.4 Å². The summed E-state index contributed by atoms with van der Waals surface area (Å²) in [7, 11) is 1.98. The molecule has 0 N–H and O–H groups in total. The summed E-state index contributed by atoms with van der Waals surface area (Å²) in [5.41, 5.74) is 1.21. The average Bonchev–Trinajstić information content (AvgIpc) is 3.08. The predicted octanol–water partition coefficient (Wildman–Crippen LogP) is 2.66. The van der Waals surface area contributed by atoms with E-state index >= 15 is 0 Å². The Bertz CT molecular complexity index is 741. The van der Waals surface area contributed by atoms with Crippen molar-refractivity contribution >= 4 is 17.7 Å². The van der Waals surface area contributed by atoms with Gasteiger partial charge in [-0.05, 0) is 38.8 Å². The third-order valence-electron chi connectivity index (χ3n) is 5.43. The fraction of sp³-hybridized carbons (Fsp3) is 0.579. The number of benzene rings is 1. The second-order valence-corrected chi connectivity index (χ2v) is 8.26. The van der Waals surface area contributed by atoms with Crippen LogP contribution in [0, 0.1) is 0 Å². The molecule has 0 radical (unpaired) electrons. The second kappa shape index (κ2) is 5.13. The van der Waals surface area contributed by atoms with Crippen LogP contribution in [0.15, 0.2) is 24.3 Å². The van der Waals surface area contributed by atoms with Crippen LogP contribution in [-0.2, 0) is 19.7 Å². The van der Waals surface area contributed by atoms with E-state index in [2.05, 4.69) is 11.0 Å². The molecule has 1 aromatic carbocycles. The first-order valence-corrected chi connectivity index (χ1v) is 8.72. The quantitative estimate of drug-likeness (QED) is 0.772. The van der Waals surface area contributed by atoms with Gasteiger partial charge in [0.1, 0.15) is 18.4 Å². The van der Waals surface area contributed by atoms with Crippen LogP contribution < -0.4 is 4.90 Å². The molecular formula is C19H24N2O4. The Labute approximate surface area is 147 Å². The smallest absolute Gasteiger partial charge is 0.411 e. The van der Waals surface area contributed by atoms with Crippen molar-refractivity contribution in [1.82, 2.24) is 4.90 Å². The minimum absolute atomic E-state index is 0.00995. The van der Waals surface area contributed by atoms with Crippen molar-refractivity contribution in [1.29, 1.82) is 0 Å². The molecule has 0 spiro atoms. The van der Waals surface area contributed by atoms with Crippen LogP contribution in [0.5, 0.6) is 0 Å². The van der Waals surface area contributed by atoms with Crippen molar-refractivity contribution < 1.29 is 19.1 Å². The third kappa shape index (κ3) is 2.30. The molecule has 6 heteroatoms. The van der Waals surface area contributed by atoms with Gasteiger partial charge in [0.2, 0.25) is 0 Å². The number of para-hydroxylation sites is 1. The SMILES string of the molecule is CN1c2ccccc2[C@]2(CC(=O)OC(C)(C)C)C[C@H]3COC(=O)N3[C@H]12. The van der Waals surface area contributed by atoms with E-state index < -0.39 is 11.0 Å². The summed E-state index contributed by atoms with van der Waals surface area (Å²) in [5.74, 6) is -0.225. The number of anilines is 1.